The van der Waals surface area contributed by atoms with E-state index in [0.29, 0.717) is 0 Å². The van der Waals surface area contributed by atoms with Crippen molar-refractivity contribution in [3.05, 3.63) is 70.8 Å². The Morgan fingerprint density at radius 3 is 1.97 bits per heavy atom. The van der Waals surface area contributed by atoms with Gasteiger partial charge in [-0.1, -0.05) is 43.7 Å². The summed E-state index contributed by atoms with van der Waals surface area (Å²) in [7, 11) is 0. The molecule has 2 aromatic rings. The summed E-state index contributed by atoms with van der Waals surface area (Å²) < 4.78 is 84.6. The summed E-state index contributed by atoms with van der Waals surface area (Å²) in [5, 5.41) is 0. The fourth-order valence-electron chi connectivity index (χ4n) is 4.16. The highest BCUT2D eigenvalue weighted by Crippen LogP contribution is 2.36. The standard InChI is InChI=1S/C25H30F6N2O/c1-2-3-9-32-10-12-33(13-11-32)23(20-7-5-4-6-8-20)18-34-17-19-14-21(24(26,27)28)16-22(15-19)25(29,30)31/h4-8,14-16,23H,2-3,9-13,17-18H2,1H3. The topological polar surface area (TPSA) is 15.7 Å². The van der Waals surface area contributed by atoms with Crippen LogP contribution in [0.1, 0.15) is 48.1 Å². The van der Waals surface area contributed by atoms with Crippen molar-refractivity contribution in [3.8, 4) is 0 Å². The molecular formula is C25H30F6N2O. The predicted molar refractivity (Wildman–Crippen MR) is 118 cm³/mol. The zero-order valence-corrected chi connectivity index (χ0v) is 19.1. The van der Waals surface area contributed by atoms with Gasteiger partial charge in [0.1, 0.15) is 0 Å². The molecule has 0 aliphatic carbocycles. The first-order valence-corrected chi connectivity index (χ1v) is 11.5. The Bertz CT molecular complexity index is 860. The van der Waals surface area contributed by atoms with Crippen LogP contribution in [0.15, 0.2) is 48.5 Å². The third-order valence-corrected chi connectivity index (χ3v) is 6.05. The third-order valence-electron chi connectivity index (χ3n) is 6.05. The first-order valence-electron chi connectivity index (χ1n) is 11.5. The summed E-state index contributed by atoms with van der Waals surface area (Å²) in [4.78, 5) is 4.68. The van der Waals surface area contributed by atoms with Crippen molar-refractivity contribution in [1.82, 2.24) is 9.80 Å². The van der Waals surface area contributed by atoms with E-state index in [1.54, 1.807) is 0 Å². The smallest absolute Gasteiger partial charge is 0.375 e. The van der Waals surface area contributed by atoms with E-state index in [9.17, 15) is 26.3 Å². The summed E-state index contributed by atoms with van der Waals surface area (Å²) in [6.45, 7) is 6.47. The van der Waals surface area contributed by atoms with Gasteiger partial charge in [-0.2, -0.15) is 26.3 Å². The van der Waals surface area contributed by atoms with E-state index < -0.39 is 23.5 Å². The lowest BCUT2D eigenvalue weighted by molar-refractivity contribution is -0.143. The van der Waals surface area contributed by atoms with E-state index in [-0.39, 0.29) is 30.9 Å². The molecule has 0 aromatic heterocycles. The maximum absolute atomic E-state index is 13.1. The Morgan fingerprint density at radius 1 is 0.853 bits per heavy atom. The molecule has 1 unspecified atom stereocenters. The number of piperazine rings is 1. The Kier molecular flexibility index (Phi) is 9.01. The molecule has 1 heterocycles. The van der Waals surface area contributed by atoms with Crippen molar-refractivity contribution in [2.24, 2.45) is 0 Å². The van der Waals surface area contributed by atoms with Gasteiger partial charge in [-0.15, -0.1) is 0 Å². The summed E-state index contributed by atoms with van der Waals surface area (Å²) in [5.74, 6) is 0. The molecule has 9 heteroatoms. The molecule has 188 valence electrons. The summed E-state index contributed by atoms with van der Waals surface area (Å²) in [6, 6.07) is 11.1. The van der Waals surface area contributed by atoms with Gasteiger partial charge in [0.2, 0.25) is 0 Å². The molecule has 0 bridgehead atoms. The normalized spacial score (nSPS) is 17.1. The lowest BCUT2D eigenvalue weighted by Crippen LogP contribution is -2.48. The second-order valence-electron chi connectivity index (χ2n) is 8.59. The van der Waals surface area contributed by atoms with Gasteiger partial charge >= 0.3 is 12.4 Å². The maximum atomic E-state index is 13.1. The molecule has 0 radical (unpaired) electrons. The van der Waals surface area contributed by atoms with Crippen molar-refractivity contribution in [2.75, 3.05) is 39.3 Å². The number of hydrogen-bond acceptors (Lipinski definition) is 3. The average Bonchev–Trinajstić information content (AvgIpc) is 2.80. The number of hydrogen-bond donors (Lipinski definition) is 0. The minimum Gasteiger partial charge on any atom is -0.375 e. The van der Waals surface area contributed by atoms with Crippen LogP contribution in [0.5, 0.6) is 0 Å². The van der Waals surface area contributed by atoms with Gasteiger partial charge in [-0.05, 0) is 42.3 Å². The first-order chi connectivity index (χ1) is 16.1. The van der Waals surface area contributed by atoms with Crippen LogP contribution in [-0.2, 0) is 23.7 Å². The SMILES string of the molecule is CCCCN1CCN(C(COCc2cc(C(F)(F)F)cc(C(F)(F)F)c2)c2ccccc2)CC1. The molecule has 34 heavy (non-hydrogen) atoms. The van der Waals surface area contributed by atoms with E-state index in [2.05, 4.69) is 16.7 Å². The van der Waals surface area contributed by atoms with Gasteiger partial charge in [0.15, 0.2) is 0 Å². The van der Waals surface area contributed by atoms with Gasteiger partial charge in [-0.3, -0.25) is 4.90 Å². The molecule has 2 aromatic carbocycles. The summed E-state index contributed by atoms with van der Waals surface area (Å²) in [5.41, 5.74) is -1.81. The van der Waals surface area contributed by atoms with Gasteiger partial charge in [-0.25, -0.2) is 0 Å². The second-order valence-corrected chi connectivity index (χ2v) is 8.59. The highest BCUT2D eigenvalue weighted by molar-refractivity contribution is 5.33. The molecule has 3 rings (SSSR count). The fraction of sp³-hybridized carbons (Fsp3) is 0.520. The minimum absolute atomic E-state index is 0.133. The monoisotopic (exact) mass is 488 g/mol. The van der Waals surface area contributed by atoms with E-state index >= 15 is 0 Å². The molecule has 0 amide bonds. The molecule has 1 atom stereocenters. The van der Waals surface area contributed by atoms with Crippen LogP contribution in [0, 0.1) is 0 Å². The Balaban J connectivity index is 1.70. The fourth-order valence-corrected chi connectivity index (χ4v) is 4.16. The number of nitrogens with zero attached hydrogens (tertiary/aromatic N) is 2. The van der Waals surface area contributed by atoms with Crippen molar-refractivity contribution < 1.29 is 31.1 Å². The first kappa shape index (κ1) is 26.5. The van der Waals surface area contributed by atoms with Crippen LogP contribution < -0.4 is 0 Å². The highest BCUT2D eigenvalue weighted by atomic mass is 19.4. The number of unbranched alkanes of at least 4 members (excludes halogenated alkanes) is 1. The van der Waals surface area contributed by atoms with E-state index in [1.165, 1.54) is 0 Å². The number of alkyl halides is 6. The molecule has 0 spiro atoms. The molecular weight excluding hydrogens is 458 g/mol. The summed E-state index contributed by atoms with van der Waals surface area (Å²) >= 11 is 0. The Labute approximate surface area is 196 Å². The van der Waals surface area contributed by atoms with Gasteiger partial charge < -0.3 is 9.64 Å². The minimum atomic E-state index is -4.87. The lowest BCUT2D eigenvalue weighted by Gasteiger charge is -2.39. The van der Waals surface area contributed by atoms with Gasteiger partial charge in [0.25, 0.3) is 0 Å². The molecule has 1 saturated heterocycles. The van der Waals surface area contributed by atoms with E-state index in [4.69, 9.17) is 4.74 Å². The van der Waals surface area contributed by atoms with Crippen molar-refractivity contribution >= 4 is 0 Å². The van der Waals surface area contributed by atoms with Crippen LogP contribution in [0.2, 0.25) is 0 Å². The molecule has 1 aliphatic heterocycles. The highest BCUT2D eigenvalue weighted by Gasteiger charge is 2.37. The predicted octanol–water partition coefficient (Wildman–Crippen LogP) is 6.40. The average molecular weight is 489 g/mol. The summed E-state index contributed by atoms with van der Waals surface area (Å²) in [6.07, 6.45) is -7.48. The molecule has 3 nitrogen and oxygen atoms in total. The van der Waals surface area contributed by atoms with Gasteiger partial charge in [0.05, 0.1) is 30.4 Å². The second kappa shape index (κ2) is 11.6. The van der Waals surface area contributed by atoms with Crippen LogP contribution >= 0.6 is 0 Å². The number of halogens is 6. The van der Waals surface area contributed by atoms with E-state index in [1.807, 2.05) is 30.3 Å². The number of benzene rings is 2. The largest absolute Gasteiger partial charge is 0.416 e. The zero-order valence-electron chi connectivity index (χ0n) is 19.1. The van der Waals surface area contributed by atoms with Crippen LogP contribution in [0.3, 0.4) is 0 Å². The Hall–Kier alpha value is -2.10. The van der Waals surface area contributed by atoms with Crippen LogP contribution in [0.25, 0.3) is 0 Å². The number of rotatable bonds is 9. The van der Waals surface area contributed by atoms with Crippen molar-refractivity contribution in [1.29, 1.82) is 0 Å². The van der Waals surface area contributed by atoms with Crippen LogP contribution in [-0.4, -0.2) is 49.1 Å². The quantitative estimate of drug-likeness (QED) is 0.380. The molecule has 0 N–H and O–H groups in total. The van der Waals surface area contributed by atoms with Crippen molar-refractivity contribution in [3.63, 3.8) is 0 Å². The maximum Gasteiger partial charge on any atom is 0.416 e. The zero-order chi connectivity index (χ0) is 24.8. The van der Waals surface area contributed by atoms with Gasteiger partial charge in [0, 0.05) is 26.2 Å². The van der Waals surface area contributed by atoms with Crippen LogP contribution in [0.4, 0.5) is 26.3 Å². The molecule has 1 fully saturated rings. The lowest BCUT2D eigenvalue weighted by atomic mass is 10.0. The third kappa shape index (κ3) is 7.45. The molecule has 1 aliphatic rings. The van der Waals surface area contributed by atoms with E-state index in [0.717, 1.165) is 63.3 Å². The number of ether oxygens (including phenoxy) is 1. The molecule has 0 saturated carbocycles. The van der Waals surface area contributed by atoms with Crippen molar-refractivity contribution in [2.45, 2.75) is 44.8 Å². The Morgan fingerprint density at radius 2 is 1.44 bits per heavy atom.